The van der Waals surface area contributed by atoms with Crippen LogP contribution in [0, 0.1) is 0 Å². The molecule has 2 heterocycles. The van der Waals surface area contributed by atoms with Gasteiger partial charge < -0.3 is 20.7 Å². The van der Waals surface area contributed by atoms with Crippen LogP contribution in [0.4, 0.5) is 17.3 Å². The number of nitrogens with two attached hydrogens (primary N) is 1. The van der Waals surface area contributed by atoms with Crippen LogP contribution in [0.5, 0.6) is 0 Å². The fourth-order valence-corrected chi connectivity index (χ4v) is 2.67. The van der Waals surface area contributed by atoms with Crippen LogP contribution in [-0.4, -0.2) is 42.3 Å². The topological polar surface area (TPSA) is 76.3 Å². The third-order valence-electron chi connectivity index (χ3n) is 3.74. The maximum atomic E-state index is 6.25. The molecule has 1 aromatic rings. The van der Waals surface area contributed by atoms with Crippen LogP contribution in [0.3, 0.4) is 0 Å². The molecule has 0 aliphatic carbocycles. The maximum Gasteiger partial charge on any atom is 0.157 e. The molecule has 0 spiro atoms. The van der Waals surface area contributed by atoms with Gasteiger partial charge >= 0.3 is 0 Å². The molecule has 1 fully saturated rings. The van der Waals surface area contributed by atoms with Crippen molar-refractivity contribution in [2.75, 3.05) is 36.2 Å². The molecule has 112 valence electrons. The molecule has 20 heavy (non-hydrogen) atoms. The number of nitrogens with one attached hydrogen (secondary N) is 1. The minimum Gasteiger partial charge on any atom is -0.393 e. The number of aromatic nitrogens is 2. The Bertz CT molecular complexity index is 440. The van der Waals surface area contributed by atoms with Crippen molar-refractivity contribution in [3.8, 4) is 0 Å². The highest BCUT2D eigenvalue weighted by molar-refractivity contribution is 5.75. The van der Waals surface area contributed by atoms with Gasteiger partial charge in [0.05, 0.1) is 6.61 Å². The Morgan fingerprint density at radius 1 is 1.50 bits per heavy atom. The number of ether oxygens (including phenoxy) is 1. The van der Waals surface area contributed by atoms with Crippen LogP contribution in [0.1, 0.15) is 33.1 Å². The van der Waals surface area contributed by atoms with Crippen molar-refractivity contribution in [1.29, 1.82) is 0 Å². The summed E-state index contributed by atoms with van der Waals surface area (Å²) in [6, 6.07) is 0.633. The van der Waals surface area contributed by atoms with E-state index in [0.29, 0.717) is 24.2 Å². The van der Waals surface area contributed by atoms with E-state index in [9.17, 15) is 0 Å². The lowest BCUT2D eigenvalue weighted by molar-refractivity contribution is 0.190. The van der Waals surface area contributed by atoms with Gasteiger partial charge in [0.25, 0.3) is 0 Å². The van der Waals surface area contributed by atoms with E-state index in [1.165, 1.54) is 19.3 Å². The van der Waals surface area contributed by atoms with Crippen molar-refractivity contribution >= 4 is 17.3 Å². The first-order valence-corrected chi connectivity index (χ1v) is 7.26. The van der Waals surface area contributed by atoms with E-state index in [0.717, 1.165) is 12.4 Å². The molecule has 0 radical (unpaired) electrons. The quantitative estimate of drug-likeness (QED) is 0.857. The number of nitrogen functional groups attached to an aromatic ring is 1. The van der Waals surface area contributed by atoms with Crippen LogP contribution in [0.15, 0.2) is 6.33 Å². The predicted octanol–water partition coefficient (Wildman–Crippen LogP) is 1.88. The summed E-state index contributed by atoms with van der Waals surface area (Å²) in [7, 11) is 1.68. The van der Waals surface area contributed by atoms with Gasteiger partial charge in [0, 0.05) is 25.7 Å². The summed E-state index contributed by atoms with van der Waals surface area (Å²) in [6.07, 6.45) is 5.23. The standard InChI is InChI=1S/C14H25N5O/c1-10(8-20-3)18-13-12(15)14(17-9-16-13)19-7-5-4-6-11(19)2/h9-11H,4-8,15H2,1-3H3,(H,16,17,18). The molecular weight excluding hydrogens is 254 g/mol. The van der Waals surface area contributed by atoms with Crippen LogP contribution in [0.2, 0.25) is 0 Å². The minimum atomic E-state index is 0.156. The Morgan fingerprint density at radius 2 is 2.30 bits per heavy atom. The Morgan fingerprint density at radius 3 is 3.00 bits per heavy atom. The summed E-state index contributed by atoms with van der Waals surface area (Å²) < 4.78 is 5.12. The fraction of sp³-hybridized carbons (Fsp3) is 0.714. The number of piperidine rings is 1. The van der Waals surface area contributed by atoms with E-state index in [1.54, 1.807) is 13.4 Å². The van der Waals surface area contributed by atoms with Crippen LogP contribution >= 0.6 is 0 Å². The summed E-state index contributed by atoms with van der Waals surface area (Å²) in [5.41, 5.74) is 6.88. The first-order chi connectivity index (χ1) is 9.63. The van der Waals surface area contributed by atoms with Crippen LogP contribution < -0.4 is 16.0 Å². The van der Waals surface area contributed by atoms with Gasteiger partial charge in [-0.3, -0.25) is 0 Å². The highest BCUT2D eigenvalue weighted by Crippen LogP contribution is 2.31. The number of methoxy groups -OCH3 is 1. The first-order valence-electron chi connectivity index (χ1n) is 7.26. The molecule has 1 aliphatic rings. The van der Waals surface area contributed by atoms with E-state index in [2.05, 4.69) is 27.1 Å². The number of anilines is 3. The zero-order chi connectivity index (χ0) is 14.5. The Hall–Kier alpha value is -1.56. The molecule has 2 rings (SSSR count). The molecule has 2 atom stereocenters. The normalized spacial score (nSPS) is 20.8. The zero-order valence-electron chi connectivity index (χ0n) is 12.6. The number of nitrogens with zero attached hydrogens (tertiary/aromatic N) is 3. The van der Waals surface area contributed by atoms with Crippen molar-refractivity contribution in [2.45, 2.75) is 45.2 Å². The van der Waals surface area contributed by atoms with Gasteiger partial charge in [0.2, 0.25) is 0 Å². The van der Waals surface area contributed by atoms with E-state index in [4.69, 9.17) is 10.5 Å². The summed E-state index contributed by atoms with van der Waals surface area (Å²) in [6.45, 7) is 5.88. The van der Waals surface area contributed by atoms with Crippen molar-refractivity contribution < 1.29 is 4.74 Å². The third kappa shape index (κ3) is 3.30. The summed E-state index contributed by atoms with van der Waals surface area (Å²) in [5, 5.41) is 3.28. The molecular formula is C14H25N5O. The van der Waals surface area contributed by atoms with E-state index in [-0.39, 0.29) is 6.04 Å². The molecule has 6 nitrogen and oxygen atoms in total. The van der Waals surface area contributed by atoms with Gasteiger partial charge in [-0.25, -0.2) is 9.97 Å². The SMILES string of the molecule is COCC(C)Nc1ncnc(N2CCCCC2C)c1N. The third-order valence-corrected chi connectivity index (χ3v) is 3.74. The molecule has 0 aromatic carbocycles. The van der Waals surface area contributed by atoms with E-state index >= 15 is 0 Å². The number of hydrogen-bond donors (Lipinski definition) is 2. The molecule has 2 unspecified atom stereocenters. The largest absolute Gasteiger partial charge is 0.393 e. The highest BCUT2D eigenvalue weighted by Gasteiger charge is 2.23. The van der Waals surface area contributed by atoms with Crippen molar-refractivity contribution in [3.63, 3.8) is 0 Å². The van der Waals surface area contributed by atoms with E-state index in [1.807, 2.05) is 6.92 Å². The average molecular weight is 279 g/mol. The van der Waals surface area contributed by atoms with Crippen molar-refractivity contribution in [3.05, 3.63) is 6.33 Å². The van der Waals surface area contributed by atoms with Gasteiger partial charge in [-0.05, 0) is 33.1 Å². The lowest BCUT2D eigenvalue weighted by Gasteiger charge is -2.35. The van der Waals surface area contributed by atoms with E-state index < -0.39 is 0 Å². The number of rotatable bonds is 5. The Labute approximate surface area is 120 Å². The van der Waals surface area contributed by atoms with Gasteiger partial charge in [-0.1, -0.05) is 0 Å². The zero-order valence-corrected chi connectivity index (χ0v) is 12.6. The molecule has 0 amide bonds. The molecule has 6 heteroatoms. The Kier molecular flexibility index (Phi) is 5.00. The summed E-state index contributed by atoms with van der Waals surface area (Å²) in [5.74, 6) is 1.54. The molecule has 1 aliphatic heterocycles. The highest BCUT2D eigenvalue weighted by atomic mass is 16.5. The molecule has 1 aromatic heterocycles. The monoisotopic (exact) mass is 279 g/mol. The lowest BCUT2D eigenvalue weighted by Crippen LogP contribution is -2.38. The van der Waals surface area contributed by atoms with Crippen molar-refractivity contribution in [1.82, 2.24) is 9.97 Å². The summed E-state index contributed by atoms with van der Waals surface area (Å²) >= 11 is 0. The van der Waals surface area contributed by atoms with Gasteiger partial charge in [-0.15, -0.1) is 0 Å². The minimum absolute atomic E-state index is 0.156. The number of hydrogen-bond acceptors (Lipinski definition) is 6. The van der Waals surface area contributed by atoms with Gasteiger partial charge in [0.1, 0.15) is 12.0 Å². The summed E-state index contributed by atoms with van der Waals surface area (Å²) in [4.78, 5) is 10.9. The molecule has 1 saturated heterocycles. The average Bonchev–Trinajstić information content (AvgIpc) is 2.42. The molecule has 0 saturated carbocycles. The molecule has 0 bridgehead atoms. The maximum absolute atomic E-state index is 6.25. The smallest absolute Gasteiger partial charge is 0.157 e. The second kappa shape index (κ2) is 6.74. The van der Waals surface area contributed by atoms with Crippen molar-refractivity contribution in [2.24, 2.45) is 0 Å². The molecule has 3 N–H and O–H groups in total. The van der Waals surface area contributed by atoms with Gasteiger partial charge in [0.15, 0.2) is 11.6 Å². The lowest BCUT2D eigenvalue weighted by atomic mass is 10.0. The second-order valence-electron chi connectivity index (χ2n) is 5.50. The van der Waals surface area contributed by atoms with Gasteiger partial charge in [-0.2, -0.15) is 0 Å². The van der Waals surface area contributed by atoms with Crippen LogP contribution in [-0.2, 0) is 4.74 Å². The predicted molar refractivity (Wildman–Crippen MR) is 82.1 cm³/mol. The first kappa shape index (κ1) is 14.8. The Balaban J connectivity index is 2.18. The second-order valence-corrected chi connectivity index (χ2v) is 5.50. The van der Waals surface area contributed by atoms with Crippen LogP contribution in [0.25, 0.3) is 0 Å². The fourth-order valence-electron chi connectivity index (χ4n) is 2.67.